The van der Waals surface area contributed by atoms with E-state index in [4.69, 9.17) is 18.5 Å². The second-order valence-corrected chi connectivity index (χ2v) is 28.2. The van der Waals surface area contributed by atoms with E-state index in [1.165, 1.54) is 46.3 Å². The van der Waals surface area contributed by atoms with Crippen LogP contribution in [0.15, 0.2) is 0 Å². The Balaban J connectivity index is 1.11. The quantitative estimate of drug-likeness (QED) is 0.126. The molecule has 6 saturated carbocycles. The first-order valence-corrected chi connectivity index (χ1v) is 27.8. The molecular weight excluding hydrogens is 828 g/mol. The Morgan fingerprint density at radius 2 is 1.47 bits per heavy atom. The van der Waals surface area contributed by atoms with Gasteiger partial charge in [-0.15, -0.1) is 0 Å². The molecular formula is C48H83N2O10PS. The molecule has 0 aromatic carbocycles. The van der Waals surface area contributed by atoms with Gasteiger partial charge in [-0.05, 0) is 135 Å². The van der Waals surface area contributed by atoms with E-state index in [0.29, 0.717) is 61.6 Å². The lowest BCUT2D eigenvalue weighted by molar-refractivity contribution is -0.249. The van der Waals surface area contributed by atoms with Gasteiger partial charge >= 0.3 is 19.5 Å². The lowest BCUT2D eigenvalue weighted by atomic mass is 9.32. The summed E-state index contributed by atoms with van der Waals surface area (Å²) in [6.45, 7) is 24.8. The number of carboxylic acids is 1. The molecule has 7 aliphatic rings. The molecule has 1 saturated heterocycles. The number of carbonyl (C=O) groups is 2. The lowest BCUT2D eigenvalue weighted by Crippen LogP contribution is -2.69. The average Bonchev–Trinajstić information content (AvgIpc) is 3.58. The first kappa shape index (κ1) is 48.8. The molecule has 0 spiro atoms. The maximum Gasteiger partial charge on any atom is 0.355 e. The van der Waals surface area contributed by atoms with Gasteiger partial charge in [0.2, 0.25) is 0 Å². The molecule has 0 bridgehead atoms. The third-order valence-corrected chi connectivity index (χ3v) is 23.7. The summed E-state index contributed by atoms with van der Waals surface area (Å²) in [5, 5.41) is 14.0. The van der Waals surface area contributed by atoms with Crippen molar-refractivity contribution in [1.82, 2.24) is 10.2 Å². The number of hydrogen-bond acceptors (Lipinski definition) is 11. The van der Waals surface area contributed by atoms with Crippen LogP contribution < -0.4 is 5.32 Å². The summed E-state index contributed by atoms with van der Waals surface area (Å²) in [4.78, 5) is 27.8. The molecule has 1 aliphatic heterocycles. The molecule has 0 aromatic rings. The minimum atomic E-state index is -3.40. The standard InChI is InChI=1S/C48H83N2O10PS/c1-30(2)32-15-20-48(49-28-36(50-23-25-62(55,56)26-24-50)31(3)59-29-61(54,57-11)58-12)22-21-46(9)33(40(32)48)13-14-38-45(8)18-17-39(44(6,7)37(45)16-19-47(38,46)10)60-42(53)35-27-34(41(51)52)43(35,4)5/h30-40,49H,13-29H2,1-12H3,(H,51,52)/t31-,32+,33-,34+,35-,36-,37+,38-,39+,40-,45+,46-,47-,48+/m1/s1. The highest BCUT2D eigenvalue weighted by atomic mass is 32.2. The van der Waals surface area contributed by atoms with Crippen LogP contribution in [0, 0.1) is 74.4 Å². The van der Waals surface area contributed by atoms with Crippen LogP contribution in [0.5, 0.6) is 0 Å². The zero-order valence-electron chi connectivity index (χ0n) is 40.3. The number of ether oxygens (including phenoxy) is 2. The molecule has 0 aromatic heterocycles. The van der Waals surface area contributed by atoms with E-state index in [9.17, 15) is 27.7 Å². The first-order valence-electron chi connectivity index (χ1n) is 24.2. The van der Waals surface area contributed by atoms with E-state index in [1.807, 2.05) is 20.8 Å². The van der Waals surface area contributed by atoms with Gasteiger partial charge in [0, 0.05) is 50.8 Å². The monoisotopic (exact) mass is 911 g/mol. The molecule has 12 nitrogen and oxygen atoms in total. The van der Waals surface area contributed by atoms with E-state index >= 15 is 0 Å². The summed E-state index contributed by atoms with van der Waals surface area (Å²) in [6.07, 6.45) is 10.9. The molecule has 0 amide bonds. The first-order chi connectivity index (χ1) is 28.8. The zero-order chi connectivity index (χ0) is 45.6. The third kappa shape index (κ3) is 7.93. The summed E-state index contributed by atoms with van der Waals surface area (Å²) in [7, 11) is -3.73. The van der Waals surface area contributed by atoms with Crippen molar-refractivity contribution in [3.05, 3.63) is 0 Å². The van der Waals surface area contributed by atoms with Crippen molar-refractivity contribution in [3.63, 3.8) is 0 Å². The Labute approximate surface area is 374 Å². The number of hydrogen-bond donors (Lipinski definition) is 2. The highest BCUT2D eigenvalue weighted by Gasteiger charge is 2.71. The van der Waals surface area contributed by atoms with Crippen LogP contribution in [-0.2, 0) is 42.5 Å². The second kappa shape index (κ2) is 16.9. The van der Waals surface area contributed by atoms with Gasteiger partial charge < -0.3 is 28.9 Å². The van der Waals surface area contributed by atoms with Gasteiger partial charge in [0.15, 0.2) is 9.84 Å². The van der Waals surface area contributed by atoms with Gasteiger partial charge in [-0.25, -0.2) is 8.42 Å². The Morgan fingerprint density at radius 1 is 0.806 bits per heavy atom. The molecule has 1 heterocycles. The van der Waals surface area contributed by atoms with Gasteiger partial charge in [-0.2, -0.15) is 0 Å². The van der Waals surface area contributed by atoms with E-state index in [0.717, 1.165) is 32.1 Å². The molecule has 14 heteroatoms. The SMILES string of the molecule is COP(=O)(CO[C@H](C)[C@@H](CN[C@]12CC[C@@H](C(C)C)[C@@H]1[C@H]1CC[C@@H]3[C@@]4(C)CC[C@H](OC(=O)[C@H]5C[C@@H](C(=O)O)C5(C)C)C(C)(C)[C@@H]4CC[C@@]3(C)[C@]1(C)CC2)N1CCS(=O)(=O)CC1)OC. The topological polar surface area (TPSA) is 158 Å². The molecule has 7 fully saturated rings. The minimum absolute atomic E-state index is 0.0268. The van der Waals surface area contributed by atoms with Crippen LogP contribution in [0.1, 0.15) is 140 Å². The largest absolute Gasteiger partial charge is 0.481 e. The van der Waals surface area contributed by atoms with Crippen molar-refractivity contribution in [2.75, 3.05) is 51.7 Å². The average molecular weight is 911 g/mol. The van der Waals surface area contributed by atoms with Crippen LogP contribution in [-0.4, -0.2) is 106 Å². The fourth-order valence-corrected chi connectivity index (χ4v) is 18.3. The summed E-state index contributed by atoms with van der Waals surface area (Å²) in [5.41, 5.74) is -0.368. The fourth-order valence-electron chi connectivity index (χ4n) is 16.3. The van der Waals surface area contributed by atoms with E-state index in [1.54, 1.807) is 0 Å². The van der Waals surface area contributed by atoms with Crippen LogP contribution in [0.2, 0.25) is 0 Å². The third-order valence-electron chi connectivity index (χ3n) is 20.5. The Kier molecular flexibility index (Phi) is 13.3. The molecule has 2 N–H and O–H groups in total. The number of carboxylic acid groups (broad SMARTS) is 1. The summed E-state index contributed by atoms with van der Waals surface area (Å²) < 4.78 is 61.3. The zero-order valence-corrected chi connectivity index (χ0v) is 42.0. The van der Waals surface area contributed by atoms with E-state index in [2.05, 4.69) is 58.7 Å². The van der Waals surface area contributed by atoms with Crippen molar-refractivity contribution >= 4 is 29.4 Å². The van der Waals surface area contributed by atoms with Crippen molar-refractivity contribution < 1.29 is 46.2 Å². The second-order valence-electron chi connectivity index (χ2n) is 23.7. The Morgan fingerprint density at radius 3 is 2.06 bits per heavy atom. The number of esters is 1. The molecule has 14 atom stereocenters. The molecule has 356 valence electrons. The van der Waals surface area contributed by atoms with Gasteiger partial charge in [0.1, 0.15) is 12.5 Å². The minimum Gasteiger partial charge on any atom is -0.481 e. The maximum absolute atomic E-state index is 13.7. The number of nitrogens with zero attached hydrogens (tertiary/aromatic N) is 1. The number of aliphatic carboxylic acids is 1. The summed E-state index contributed by atoms with van der Waals surface area (Å²) in [6, 6.07) is -0.114. The molecule has 6 aliphatic carbocycles. The van der Waals surface area contributed by atoms with Crippen LogP contribution in [0.3, 0.4) is 0 Å². The van der Waals surface area contributed by atoms with Crippen LogP contribution in [0.25, 0.3) is 0 Å². The molecule has 0 radical (unpaired) electrons. The van der Waals surface area contributed by atoms with Crippen LogP contribution in [0.4, 0.5) is 0 Å². The number of fused-ring (bicyclic) bond motifs is 7. The molecule has 0 unspecified atom stereocenters. The predicted molar refractivity (Wildman–Crippen MR) is 241 cm³/mol. The Bertz CT molecular complexity index is 1840. The van der Waals surface area contributed by atoms with Gasteiger partial charge in [0.05, 0.1) is 29.4 Å². The highest BCUT2D eigenvalue weighted by molar-refractivity contribution is 7.91. The fraction of sp³-hybridized carbons (Fsp3) is 0.958. The normalized spacial score (nSPS) is 43.2. The van der Waals surface area contributed by atoms with Crippen LogP contribution >= 0.6 is 7.60 Å². The predicted octanol–water partition coefficient (Wildman–Crippen LogP) is 8.67. The van der Waals surface area contributed by atoms with Gasteiger partial charge in [-0.1, -0.05) is 62.3 Å². The van der Waals surface area contributed by atoms with Gasteiger partial charge in [-0.3, -0.25) is 19.1 Å². The van der Waals surface area contributed by atoms with Crippen molar-refractivity contribution in [1.29, 1.82) is 0 Å². The lowest BCUT2D eigenvalue weighted by Gasteiger charge is -2.73. The van der Waals surface area contributed by atoms with Crippen molar-refractivity contribution in [2.45, 2.75) is 164 Å². The maximum atomic E-state index is 13.7. The number of nitrogens with one attached hydrogen (secondary N) is 1. The Hall–Kier alpha value is -1.08. The highest BCUT2D eigenvalue weighted by Crippen LogP contribution is 2.76. The molecule has 7 rings (SSSR count). The van der Waals surface area contributed by atoms with Crippen molar-refractivity contribution in [2.24, 2.45) is 74.4 Å². The molecule has 62 heavy (non-hydrogen) atoms. The van der Waals surface area contributed by atoms with Crippen molar-refractivity contribution in [3.8, 4) is 0 Å². The number of sulfone groups is 1. The smallest absolute Gasteiger partial charge is 0.355 e. The summed E-state index contributed by atoms with van der Waals surface area (Å²) in [5.74, 6) is 1.60. The van der Waals surface area contributed by atoms with E-state index < -0.39 is 34.7 Å². The number of carbonyl (C=O) groups excluding carboxylic acids is 1. The summed E-state index contributed by atoms with van der Waals surface area (Å²) >= 11 is 0. The van der Waals surface area contributed by atoms with Gasteiger partial charge in [0.25, 0.3) is 0 Å². The number of rotatable bonds is 14. The van der Waals surface area contributed by atoms with E-state index in [-0.39, 0.29) is 75.2 Å².